The fourth-order valence-corrected chi connectivity index (χ4v) is 1.42. The molecular formula is C11H8ClNO3. The Bertz CT molecular complexity index is 507. The lowest BCUT2D eigenvalue weighted by Crippen LogP contribution is -1.97. The Balaban J connectivity index is 2.46. The molecule has 0 amide bonds. The number of ether oxygens (including phenoxy) is 1. The minimum atomic E-state index is -0.913. The molecule has 1 heterocycles. The van der Waals surface area contributed by atoms with Gasteiger partial charge in [-0.05, 0) is 0 Å². The summed E-state index contributed by atoms with van der Waals surface area (Å²) in [5, 5.41) is 3.83. The summed E-state index contributed by atoms with van der Waals surface area (Å²) in [5.74, 6) is 0.666. The molecule has 0 fully saturated rings. The first-order valence-electron chi connectivity index (χ1n) is 4.57. The molecule has 0 aliphatic carbocycles. The number of aryl methyl sites for hydroxylation is 1. The van der Waals surface area contributed by atoms with Crippen molar-refractivity contribution >= 4 is 17.0 Å². The van der Waals surface area contributed by atoms with Gasteiger partial charge < -0.3 is 9.26 Å². The van der Waals surface area contributed by atoms with Gasteiger partial charge in [0.1, 0.15) is 0 Å². The van der Waals surface area contributed by atoms with Gasteiger partial charge in [-0.2, -0.15) is 0 Å². The van der Waals surface area contributed by atoms with E-state index in [0.29, 0.717) is 11.5 Å². The Morgan fingerprint density at radius 1 is 1.38 bits per heavy atom. The fourth-order valence-electron chi connectivity index (χ4n) is 1.34. The van der Waals surface area contributed by atoms with Crippen LogP contribution in [0.3, 0.4) is 0 Å². The predicted molar refractivity (Wildman–Crippen MR) is 58.6 cm³/mol. The van der Waals surface area contributed by atoms with Crippen LogP contribution in [0.25, 0.3) is 11.3 Å². The largest absolute Gasteiger partial charge is 0.409 e. The van der Waals surface area contributed by atoms with E-state index in [1.807, 2.05) is 30.3 Å². The van der Waals surface area contributed by atoms with Crippen LogP contribution in [-0.4, -0.2) is 10.6 Å². The summed E-state index contributed by atoms with van der Waals surface area (Å²) in [4.78, 5) is 10.7. The van der Waals surface area contributed by atoms with Gasteiger partial charge in [-0.15, -0.1) is 0 Å². The third-order valence-electron chi connectivity index (χ3n) is 2.04. The molecule has 16 heavy (non-hydrogen) atoms. The molecule has 0 atom stereocenters. The average Bonchev–Trinajstić information content (AvgIpc) is 2.61. The lowest BCUT2D eigenvalue weighted by molar-refractivity contribution is 0.224. The number of hydrogen-bond acceptors (Lipinski definition) is 4. The van der Waals surface area contributed by atoms with E-state index < -0.39 is 5.43 Å². The number of aromatic nitrogens is 1. The fraction of sp³-hybridized carbons (Fsp3) is 0.0909. The first kappa shape index (κ1) is 10.7. The van der Waals surface area contributed by atoms with Gasteiger partial charge in [0.2, 0.25) is 5.75 Å². The van der Waals surface area contributed by atoms with E-state index in [-0.39, 0.29) is 5.75 Å². The summed E-state index contributed by atoms with van der Waals surface area (Å²) in [6.07, 6.45) is 0. The zero-order chi connectivity index (χ0) is 11.5. The van der Waals surface area contributed by atoms with Crippen molar-refractivity contribution in [3.8, 4) is 17.0 Å². The summed E-state index contributed by atoms with van der Waals surface area (Å²) in [7, 11) is 0. The van der Waals surface area contributed by atoms with Crippen molar-refractivity contribution in [3.05, 3.63) is 36.1 Å². The van der Waals surface area contributed by atoms with Crippen molar-refractivity contribution in [2.75, 3.05) is 0 Å². The third kappa shape index (κ3) is 2.06. The van der Waals surface area contributed by atoms with Crippen LogP contribution in [0.1, 0.15) is 5.76 Å². The average molecular weight is 238 g/mol. The van der Waals surface area contributed by atoms with Gasteiger partial charge in [-0.25, -0.2) is 4.79 Å². The first-order chi connectivity index (χ1) is 7.68. The minimum Gasteiger partial charge on any atom is -0.408 e. The van der Waals surface area contributed by atoms with Gasteiger partial charge in [0.15, 0.2) is 11.5 Å². The Kier molecular flexibility index (Phi) is 2.92. The molecule has 0 radical (unpaired) electrons. The number of benzene rings is 1. The molecule has 0 spiro atoms. The van der Waals surface area contributed by atoms with E-state index in [2.05, 4.69) is 5.16 Å². The van der Waals surface area contributed by atoms with Crippen LogP contribution in [0.15, 0.2) is 34.9 Å². The van der Waals surface area contributed by atoms with Crippen molar-refractivity contribution in [2.24, 2.45) is 0 Å². The van der Waals surface area contributed by atoms with Crippen molar-refractivity contribution in [1.29, 1.82) is 0 Å². The Labute approximate surface area is 96.8 Å². The zero-order valence-electron chi connectivity index (χ0n) is 8.44. The second-order valence-corrected chi connectivity index (χ2v) is 3.43. The van der Waals surface area contributed by atoms with Gasteiger partial charge >= 0.3 is 5.43 Å². The first-order valence-corrected chi connectivity index (χ1v) is 4.95. The lowest BCUT2D eigenvalue weighted by Gasteiger charge is -2.00. The summed E-state index contributed by atoms with van der Waals surface area (Å²) >= 11 is 5.17. The van der Waals surface area contributed by atoms with E-state index >= 15 is 0 Å². The summed E-state index contributed by atoms with van der Waals surface area (Å²) in [6.45, 7) is 1.65. The molecule has 2 rings (SSSR count). The monoisotopic (exact) mass is 237 g/mol. The van der Waals surface area contributed by atoms with Gasteiger partial charge in [-0.3, -0.25) is 0 Å². The molecule has 0 unspecified atom stereocenters. The van der Waals surface area contributed by atoms with Crippen LogP contribution in [0, 0.1) is 6.92 Å². The van der Waals surface area contributed by atoms with Crippen molar-refractivity contribution in [1.82, 2.24) is 5.16 Å². The van der Waals surface area contributed by atoms with Crippen LogP contribution in [0.2, 0.25) is 0 Å². The third-order valence-corrected chi connectivity index (χ3v) is 2.12. The van der Waals surface area contributed by atoms with E-state index in [4.69, 9.17) is 20.9 Å². The molecule has 82 valence electrons. The molecule has 0 bridgehead atoms. The standard InChI is InChI=1S/C11H8ClNO3/c1-7-10(15-11(12)14)9(13-16-7)8-5-3-2-4-6-8/h2-6H,1H3. The highest BCUT2D eigenvalue weighted by molar-refractivity contribution is 6.61. The molecule has 0 aliphatic heterocycles. The predicted octanol–water partition coefficient (Wildman–Crippen LogP) is 3.39. The molecular weight excluding hydrogens is 230 g/mol. The zero-order valence-corrected chi connectivity index (χ0v) is 9.19. The maximum absolute atomic E-state index is 10.7. The van der Waals surface area contributed by atoms with Crippen LogP contribution in [0.5, 0.6) is 5.75 Å². The SMILES string of the molecule is Cc1onc(-c2ccccc2)c1OC(=O)Cl. The van der Waals surface area contributed by atoms with Crippen LogP contribution >= 0.6 is 11.6 Å². The minimum absolute atomic E-state index is 0.256. The maximum atomic E-state index is 10.7. The summed E-state index contributed by atoms with van der Waals surface area (Å²) in [5.41, 5.74) is 0.350. The topological polar surface area (TPSA) is 52.3 Å². The second-order valence-electron chi connectivity index (χ2n) is 3.12. The maximum Gasteiger partial charge on any atom is 0.409 e. The van der Waals surface area contributed by atoms with Gasteiger partial charge in [0.25, 0.3) is 0 Å². The van der Waals surface area contributed by atoms with Crippen molar-refractivity contribution < 1.29 is 14.1 Å². The molecule has 0 saturated carbocycles. The Morgan fingerprint density at radius 3 is 2.69 bits per heavy atom. The second kappa shape index (κ2) is 4.37. The number of carbonyl (C=O) groups is 1. The van der Waals surface area contributed by atoms with Crippen LogP contribution < -0.4 is 4.74 Å². The highest BCUT2D eigenvalue weighted by Crippen LogP contribution is 2.32. The molecule has 0 saturated heterocycles. The van der Waals surface area contributed by atoms with Crippen LogP contribution in [-0.2, 0) is 0 Å². The molecule has 5 heteroatoms. The van der Waals surface area contributed by atoms with E-state index in [1.54, 1.807) is 6.92 Å². The Hall–Kier alpha value is -1.81. The number of hydrogen-bond donors (Lipinski definition) is 0. The number of nitrogens with zero attached hydrogens (tertiary/aromatic N) is 1. The molecule has 2 aromatic rings. The lowest BCUT2D eigenvalue weighted by atomic mass is 10.1. The smallest absolute Gasteiger partial charge is 0.408 e. The quantitative estimate of drug-likeness (QED) is 0.752. The molecule has 0 N–H and O–H groups in total. The van der Waals surface area contributed by atoms with E-state index in [0.717, 1.165) is 5.56 Å². The van der Waals surface area contributed by atoms with Crippen molar-refractivity contribution in [2.45, 2.75) is 6.92 Å². The summed E-state index contributed by atoms with van der Waals surface area (Å²) in [6, 6.07) is 9.26. The molecule has 4 nitrogen and oxygen atoms in total. The van der Waals surface area contributed by atoms with E-state index in [9.17, 15) is 4.79 Å². The van der Waals surface area contributed by atoms with Crippen molar-refractivity contribution in [3.63, 3.8) is 0 Å². The van der Waals surface area contributed by atoms with Gasteiger partial charge in [0, 0.05) is 24.1 Å². The van der Waals surface area contributed by atoms with Crippen LogP contribution in [0.4, 0.5) is 4.79 Å². The highest BCUT2D eigenvalue weighted by atomic mass is 35.5. The molecule has 0 aliphatic rings. The molecule has 1 aromatic heterocycles. The highest BCUT2D eigenvalue weighted by Gasteiger charge is 2.18. The summed E-state index contributed by atoms with van der Waals surface area (Å²) < 4.78 is 9.81. The Morgan fingerprint density at radius 2 is 2.06 bits per heavy atom. The van der Waals surface area contributed by atoms with Gasteiger partial charge in [-0.1, -0.05) is 35.5 Å². The van der Waals surface area contributed by atoms with Gasteiger partial charge in [0.05, 0.1) is 0 Å². The number of rotatable bonds is 2. The normalized spacial score (nSPS) is 10.1. The number of carbonyl (C=O) groups excluding carboxylic acids is 1. The molecule has 1 aromatic carbocycles. The van der Waals surface area contributed by atoms with E-state index in [1.165, 1.54) is 0 Å². The number of halogens is 1.